The van der Waals surface area contributed by atoms with Crippen LogP contribution in [0.3, 0.4) is 0 Å². The monoisotopic (exact) mass is 372 g/mol. The minimum atomic E-state index is 0.432. The second-order valence-corrected chi connectivity index (χ2v) is 6.04. The van der Waals surface area contributed by atoms with Gasteiger partial charge in [0.05, 0.1) is 17.6 Å². The largest absolute Gasteiger partial charge is 0.309 e. The Morgan fingerprint density at radius 3 is 2.78 bits per heavy atom. The van der Waals surface area contributed by atoms with E-state index in [-0.39, 0.29) is 0 Å². The molecule has 0 saturated carbocycles. The predicted molar refractivity (Wildman–Crippen MR) is 78.7 cm³/mol. The molecule has 1 aromatic heterocycles. The van der Waals surface area contributed by atoms with Gasteiger partial charge in [-0.05, 0) is 34.1 Å². The maximum absolute atomic E-state index is 4.14. The van der Waals surface area contributed by atoms with Gasteiger partial charge in [0.25, 0.3) is 0 Å². The Labute approximate surface area is 123 Å². The molecule has 0 atom stereocenters. The Morgan fingerprint density at radius 1 is 1.33 bits per heavy atom. The summed E-state index contributed by atoms with van der Waals surface area (Å²) in [5.41, 5.74) is 2.02. The van der Waals surface area contributed by atoms with Crippen molar-refractivity contribution in [3.63, 3.8) is 0 Å². The van der Waals surface area contributed by atoms with E-state index in [0.29, 0.717) is 6.04 Å². The van der Waals surface area contributed by atoms with Crippen molar-refractivity contribution in [1.29, 1.82) is 0 Å². The van der Waals surface area contributed by atoms with Crippen molar-refractivity contribution in [2.24, 2.45) is 0 Å². The van der Waals surface area contributed by atoms with Gasteiger partial charge in [0.1, 0.15) is 0 Å². The van der Waals surface area contributed by atoms with E-state index in [9.17, 15) is 0 Å². The molecule has 0 fully saturated rings. The molecule has 0 radical (unpaired) electrons. The highest BCUT2D eigenvalue weighted by molar-refractivity contribution is 9.11. The summed E-state index contributed by atoms with van der Waals surface area (Å²) in [5.74, 6) is 0. The number of aromatic nitrogens is 3. The first-order valence-electron chi connectivity index (χ1n) is 5.66. The zero-order valence-corrected chi connectivity index (χ0v) is 13.4. The van der Waals surface area contributed by atoms with E-state index in [1.165, 1.54) is 0 Å². The number of nitrogens with zero attached hydrogens (tertiary/aromatic N) is 3. The fourth-order valence-electron chi connectivity index (χ4n) is 1.54. The smallest absolute Gasteiger partial charge is 0.0810 e. The highest BCUT2D eigenvalue weighted by Crippen LogP contribution is 2.25. The van der Waals surface area contributed by atoms with Crippen LogP contribution in [0.5, 0.6) is 0 Å². The van der Waals surface area contributed by atoms with Crippen molar-refractivity contribution in [1.82, 2.24) is 20.3 Å². The molecule has 0 aliphatic rings. The van der Waals surface area contributed by atoms with Crippen LogP contribution in [0.15, 0.2) is 33.3 Å². The molecule has 0 aliphatic heterocycles. The molecule has 4 nitrogen and oxygen atoms in total. The van der Waals surface area contributed by atoms with Gasteiger partial charge in [-0.1, -0.05) is 35.0 Å². The van der Waals surface area contributed by atoms with Crippen LogP contribution >= 0.6 is 31.9 Å². The molecule has 0 amide bonds. The van der Waals surface area contributed by atoms with Crippen molar-refractivity contribution in [2.45, 2.75) is 26.4 Å². The van der Waals surface area contributed by atoms with E-state index in [1.807, 2.05) is 22.9 Å². The molecular weight excluding hydrogens is 360 g/mol. The normalized spacial score (nSPS) is 11.2. The van der Waals surface area contributed by atoms with E-state index in [1.54, 1.807) is 6.20 Å². The van der Waals surface area contributed by atoms with Crippen LogP contribution in [0.2, 0.25) is 0 Å². The Balaban J connectivity index is 2.30. The Bertz CT molecular complexity index is 537. The van der Waals surface area contributed by atoms with Gasteiger partial charge in [0, 0.05) is 21.5 Å². The second kappa shape index (κ2) is 5.95. The summed E-state index contributed by atoms with van der Waals surface area (Å²) in [6.45, 7) is 4.97. The molecule has 0 bridgehead atoms. The summed E-state index contributed by atoms with van der Waals surface area (Å²) in [4.78, 5) is 0. The van der Waals surface area contributed by atoms with Gasteiger partial charge in [-0.25, -0.2) is 4.68 Å². The minimum absolute atomic E-state index is 0.432. The van der Waals surface area contributed by atoms with Gasteiger partial charge in [-0.2, -0.15) is 0 Å². The molecular formula is C12H14Br2N4. The Morgan fingerprint density at radius 2 is 2.11 bits per heavy atom. The summed E-state index contributed by atoms with van der Waals surface area (Å²) in [6, 6.07) is 6.42. The summed E-state index contributed by atoms with van der Waals surface area (Å²) >= 11 is 6.98. The quantitative estimate of drug-likeness (QED) is 0.894. The topological polar surface area (TPSA) is 42.7 Å². The number of halogens is 2. The molecule has 1 heterocycles. The Kier molecular flexibility index (Phi) is 4.53. The van der Waals surface area contributed by atoms with Crippen LogP contribution in [0.1, 0.15) is 19.5 Å². The maximum Gasteiger partial charge on any atom is 0.0810 e. The number of rotatable bonds is 4. The van der Waals surface area contributed by atoms with Gasteiger partial charge < -0.3 is 5.32 Å². The molecule has 0 spiro atoms. The first-order valence-corrected chi connectivity index (χ1v) is 7.25. The average Bonchev–Trinajstić information content (AvgIpc) is 2.74. The molecule has 0 unspecified atom stereocenters. The molecule has 18 heavy (non-hydrogen) atoms. The van der Waals surface area contributed by atoms with Crippen molar-refractivity contribution in [2.75, 3.05) is 0 Å². The minimum Gasteiger partial charge on any atom is -0.309 e. The molecule has 2 rings (SSSR count). The third-order valence-electron chi connectivity index (χ3n) is 2.45. The van der Waals surface area contributed by atoms with Gasteiger partial charge >= 0.3 is 0 Å². The fraction of sp³-hybridized carbons (Fsp3) is 0.333. The number of hydrogen-bond donors (Lipinski definition) is 1. The van der Waals surface area contributed by atoms with Crippen molar-refractivity contribution in [3.05, 3.63) is 39.0 Å². The summed E-state index contributed by atoms with van der Waals surface area (Å²) < 4.78 is 3.85. The standard InChI is InChI=1S/C12H14Br2N4/c1-8(2)15-6-10-7-16-17-18(10)12-4-3-9(13)5-11(12)14/h3-5,7-8,15H,6H2,1-2H3. The van der Waals surface area contributed by atoms with E-state index in [2.05, 4.69) is 61.3 Å². The van der Waals surface area contributed by atoms with Crippen LogP contribution in [0.4, 0.5) is 0 Å². The van der Waals surface area contributed by atoms with Crippen molar-refractivity contribution in [3.8, 4) is 5.69 Å². The summed E-state index contributed by atoms with van der Waals surface area (Å²) in [6.07, 6.45) is 1.78. The van der Waals surface area contributed by atoms with Gasteiger partial charge in [-0.3, -0.25) is 0 Å². The number of benzene rings is 1. The van der Waals surface area contributed by atoms with E-state index in [0.717, 1.165) is 26.9 Å². The maximum atomic E-state index is 4.14. The summed E-state index contributed by atoms with van der Waals surface area (Å²) in [7, 11) is 0. The average molecular weight is 374 g/mol. The third kappa shape index (κ3) is 3.18. The van der Waals surface area contributed by atoms with Crippen molar-refractivity contribution < 1.29 is 0 Å². The van der Waals surface area contributed by atoms with E-state index < -0.39 is 0 Å². The zero-order chi connectivity index (χ0) is 13.1. The SMILES string of the molecule is CC(C)NCc1cnnn1-c1ccc(Br)cc1Br. The first-order chi connectivity index (χ1) is 8.58. The van der Waals surface area contributed by atoms with Crippen LogP contribution in [-0.2, 0) is 6.54 Å². The van der Waals surface area contributed by atoms with Crippen LogP contribution < -0.4 is 5.32 Å². The Hall–Kier alpha value is -0.720. The van der Waals surface area contributed by atoms with E-state index in [4.69, 9.17) is 0 Å². The molecule has 1 aromatic carbocycles. The van der Waals surface area contributed by atoms with Gasteiger partial charge in [0.15, 0.2) is 0 Å². The molecule has 2 aromatic rings. The second-order valence-electron chi connectivity index (χ2n) is 4.27. The van der Waals surface area contributed by atoms with Crippen LogP contribution in [0.25, 0.3) is 5.69 Å². The lowest BCUT2D eigenvalue weighted by atomic mass is 10.3. The lowest BCUT2D eigenvalue weighted by molar-refractivity contribution is 0.570. The fourth-order valence-corrected chi connectivity index (χ4v) is 2.76. The van der Waals surface area contributed by atoms with Crippen LogP contribution in [0, 0.1) is 0 Å². The molecule has 0 aliphatic carbocycles. The lowest BCUT2D eigenvalue weighted by Crippen LogP contribution is -2.23. The highest BCUT2D eigenvalue weighted by atomic mass is 79.9. The highest BCUT2D eigenvalue weighted by Gasteiger charge is 2.09. The third-order valence-corrected chi connectivity index (χ3v) is 3.58. The number of hydrogen-bond acceptors (Lipinski definition) is 3. The molecule has 1 N–H and O–H groups in total. The first kappa shape index (κ1) is 13.7. The molecule has 96 valence electrons. The zero-order valence-electron chi connectivity index (χ0n) is 10.2. The lowest BCUT2D eigenvalue weighted by Gasteiger charge is -2.11. The van der Waals surface area contributed by atoms with Gasteiger partial charge in [0.2, 0.25) is 0 Å². The van der Waals surface area contributed by atoms with Crippen LogP contribution in [-0.4, -0.2) is 21.0 Å². The van der Waals surface area contributed by atoms with Gasteiger partial charge in [-0.15, -0.1) is 5.10 Å². The van der Waals surface area contributed by atoms with E-state index >= 15 is 0 Å². The van der Waals surface area contributed by atoms with Crippen molar-refractivity contribution >= 4 is 31.9 Å². The number of nitrogens with one attached hydrogen (secondary N) is 1. The molecule has 6 heteroatoms. The molecule has 0 saturated heterocycles. The summed E-state index contributed by atoms with van der Waals surface area (Å²) in [5, 5.41) is 11.5. The predicted octanol–water partition coefficient (Wildman–Crippen LogP) is 3.29.